The van der Waals surface area contributed by atoms with E-state index < -0.39 is 0 Å². The Kier molecular flexibility index (Phi) is 3.56. The molecule has 2 aliphatic rings. The average molecular weight is 296 g/mol. The lowest BCUT2D eigenvalue weighted by Gasteiger charge is -2.20. The van der Waals surface area contributed by atoms with E-state index in [0.717, 1.165) is 11.3 Å². The topological polar surface area (TPSA) is 63.6 Å². The molecule has 1 aromatic carbocycles. The zero-order chi connectivity index (χ0) is 15.9. The Morgan fingerprint density at radius 1 is 1.18 bits per heavy atom. The van der Waals surface area contributed by atoms with Crippen LogP contribution in [0.2, 0.25) is 0 Å². The third-order valence-corrected chi connectivity index (χ3v) is 3.81. The SMILES string of the molecule is CC(C)c1cccc(-c2cnc3[nH]c(=O)nc-3n2C(C)C)c1. The number of fused-ring (bicyclic) bond motifs is 1. The highest BCUT2D eigenvalue weighted by Crippen LogP contribution is 2.29. The molecule has 0 bridgehead atoms. The van der Waals surface area contributed by atoms with E-state index in [1.807, 2.05) is 0 Å². The minimum Gasteiger partial charge on any atom is -0.319 e. The summed E-state index contributed by atoms with van der Waals surface area (Å²) in [5.74, 6) is 1.60. The molecule has 3 rings (SSSR count). The van der Waals surface area contributed by atoms with Crippen molar-refractivity contribution in [3.05, 3.63) is 46.5 Å². The molecular formula is C17H20N4O. The molecule has 1 N–H and O–H groups in total. The standard InChI is InChI=1S/C17H20N4O/c1-10(2)12-6-5-7-13(8-12)14-9-18-15-16(20-17(22)19-15)21(14)11(3)4/h5-11H,1-4H3,(H,18,19,22). The number of nitrogens with zero attached hydrogens (tertiary/aromatic N) is 3. The molecule has 2 aliphatic heterocycles. The molecule has 0 aromatic heterocycles. The number of H-pyrrole nitrogens is 1. The first kappa shape index (κ1) is 14.5. The quantitative estimate of drug-likeness (QED) is 0.805. The van der Waals surface area contributed by atoms with Gasteiger partial charge in [0.2, 0.25) is 0 Å². The fraction of sp³-hybridized carbons (Fsp3) is 0.353. The molecule has 0 aliphatic carbocycles. The Balaban J connectivity index is 2.27. The van der Waals surface area contributed by atoms with Crippen LogP contribution in [-0.4, -0.2) is 19.5 Å². The Labute approximate surface area is 129 Å². The molecule has 1 aromatic rings. The van der Waals surface area contributed by atoms with Crippen molar-refractivity contribution in [1.82, 2.24) is 19.5 Å². The summed E-state index contributed by atoms with van der Waals surface area (Å²) in [5.41, 5.74) is 2.98. The molecule has 0 fully saturated rings. The molecule has 0 unspecified atom stereocenters. The van der Waals surface area contributed by atoms with Gasteiger partial charge in [-0.25, -0.2) is 9.78 Å². The maximum Gasteiger partial charge on any atom is 0.348 e. The van der Waals surface area contributed by atoms with Crippen LogP contribution in [0.15, 0.2) is 35.3 Å². The molecule has 5 heteroatoms. The molecule has 0 amide bonds. The molecular weight excluding hydrogens is 276 g/mol. The van der Waals surface area contributed by atoms with Crippen LogP contribution >= 0.6 is 0 Å². The fourth-order valence-corrected chi connectivity index (χ4v) is 2.69. The molecule has 0 spiro atoms. The first-order valence-electron chi connectivity index (χ1n) is 7.55. The zero-order valence-electron chi connectivity index (χ0n) is 13.3. The third kappa shape index (κ3) is 2.43. The zero-order valence-corrected chi connectivity index (χ0v) is 13.3. The largest absolute Gasteiger partial charge is 0.348 e. The van der Waals surface area contributed by atoms with Gasteiger partial charge in [0.25, 0.3) is 0 Å². The summed E-state index contributed by atoms with van der Waals surface area (Å²) in [7, 11) is 0. The summed E-state index contributed by atoms with van der Waals surface area (Å²) in [5, 5.41) is 0. The number of aromatic nitrogens is 4. The Morgan fingerprint density at radius 3 is 2.64 bits per heavy atom. The lowest BCUT2D eigenvalue weighted by atomic mass is 9.99. The molecule has 2 heterocycles. The Morgan fingerprint density at radius 2 is 1.95 bits per heavy atom. The van der Waals surface area contributed by atoms with Gasteiger partial charge in [-0.15, -0.1) is 0 Å². The van der Waals surface area contributed by atoms with E-state index >= 15 is 0 Å². The van der Waals surface area contributed by atoms with E-state index in [4.69, 9.17) is 0 Å². The van der Waals surface area contributed by atoms with Crippen LogP contribution in [0.25, 0.3) is 22.9 Å². The summed E-state index contributed by atoms with van der Waals surface area (Å²) >= 11 is 0. The molecule has 5 nitrogen and oxygen atoms in total. The maximum absolute atomic E-state index is 11.5. The van der Waals surface area contributed by atoms with Crippen molar-refractivity contribution in [2.75, 3.05) is 0 Å². The van der Waals surface area contributed by atoms with Crippen LogP contribution in [0.4, 0.5) is 0 Å². The van der Waals surface area contributed by atoms with Gasteiger partial charge in [0.15, 0.2) is 11.6 Å². The summed E-state index contributed by atoms with van der Waals surface area (Å²) in [4.78, 5) is 22.6. The number of hydrogen-bond acceptors (Lipinski definition) is 3. The van der Waals surface area contributed by atoms with Gasteiger partial charge in [0.05, 0.1) is 11.9 Å². The molecule has 114 valence electrons. The number of nitrogens with one attached hydrogen (secondary N) is 1. The van der Waals surface area contributed by atoms with Crippen molar-refractivity contribution in [1.29, 1.82) is 0 Å². The van der Waals surface area contributed by atoms with Crippen LogP contribution in [-0.2, 0) is 0 Å². The van der Waals surface area contributed by atoms with Crippen molar-refractivity contribution in [3.63, 3.8) is 0 Å². The van der Waals surface area contributed by atoms with Crippen molar-refractivity contribution in [2.45, 2.75) is 39.7 Å². The summed E-state index contributed by atoms with van der Waals surface area (Å²) in [6, 6.07) is 8.61. The van der Waals surface area contributed by atoms with Gasteiger partial charge >= 0.3 is 5.69 Å². The summed E-state index contributed by atoms with van der Waals surface area (Å²) < 4.78 is 2.06. The van der Waals surface area contributed by atoms with Crippen LogP contribution in [0, 0.1) is 0 Å². The van der Waals surface area contributed by atoms with E-state index in [0.29, 0.717) is 17.6 Å². The second-order valence-corrected chi connectivity index (χ2v) is 6.10. The monoisotopic (exact) mass is 296 g/mol. The van der Waals surface area contributed by atoms with E-state index in [1.54, 1.807) is 6.20 Å². The predicted molar refractivity (Wildman–Crippen MR) is 87.2 cm³/mol. The van der Waals surface area contributed by atoms with Gasteiger partial charge in [-0.3, -0.25) is 4.98 Å². The molecule has 0 radical (unpaired) electrons. The smallest absolute Gasteiger partial charge is 0.319 e. The van der Waals surface area contributed by atoms with Crippen molar-refractivity contribution >= 4 is 0 Å². The van der Waals surface area contributed by atoms with Crippen molar-refractivity contribution in [2.24, 2.45) is 0 Å². The first-order valence-corrected chi connectivity index (χ1v) is 7.55. The molecule has 0 saturated carbocycles. The maximum atomic E-state index is 11.5. The normalized spacial score (nSPS) is 11.7. The van der Waals surface area contributed by atoms with E-state index in [9.17, 15) is 4.79 Å². The second-order valence-electron chi connectivity index (χ2n) is 6.10. The van der Waals surface area contributed by atoms with Gasteiger partial charge in [-0.2, -0.15) is 4.98 Å². The second kappa shape index (κ2) is 5.40. The molecule has 0 atom stereocenters. The summed E-state index contributed by atoms with van der Waals surface area (Å²) in [6.07, 6.45) is 1.80. The predicted octanol–water partition coefficient (Wildman–Crippen LogP) is 3.44. The van der Waals surface area contributed by atoms with E-state index in [1.165, 1.54) is 5.56 Å². The molecule has 22 heavy (non-hydrogen) atoms. The average Bonchev–Trinajstić information content (AvgIpc) is 2.86. The fourth-order valence-electron chi connectivity index (χ4n) is 2.69. The van der Waals surface area contributed by atoms with Gasteiger partial charge in [0, 0.05) is 11.6 Å². The van der Waals surface area contributed by atoms with Gasteiger partial charge in [-0.1, -0.05) is 32.0 Å². The van der Waals surface area contributed by atoms with Crippen LogP contribution < -0.4 is 5.69 Å². The van der Waals surface area contributed by atoms with Crippen LogP contribution in [0.3, 0.4) is 0 Å². The minimum absolute atomic E-state index is 0.172. The number of benzene rings is 1. The highest BCUT2D eigenvalue weighted by atomic mass is 16.1. The first-order chi connectivity index (χ1) is 10.5. The van der Waals surface area contributed by atoms with Gasteiger partial charge in [-0.05, 0) is 31.4 Å². The van der Waals surface area contributed by atoms with Crippen molar-refractivity contribution in [3.8, 4) is 22.9 Å². The number of aromatic amines is 1. The lowest BCUT2D eigenvalue weighted by Crippen LogP contribution is -2.11. The van der Waals surface area contributed by atoms with Crippen LogP contribution in [0.5, 0.6) is 0 Å². The van der Waals surface area contributed by atoms with Gasteiger partial charge < -0.3 is 4.57 Å². The highest BCUT2D eigenvalue weighted by Gasteiger charge is 2.19. The number of hydrogen-bond donors (Lipinski definition) is 1. The van der Waals surface area contributed by atoms with E-state index in [2.05, 4.69) is 71.5 Å². The third-order valence-electron chi connectivity index (χ3n) is 3.81. The highest BCUT2D eigenvalue weighted by molar-refractivity contribution is 5.64. The Hall–Kier alpha value is -2.43. The van der Waals surface area contributed by atoms with Gasteiger partial charge in [0.1, 0.15) is 0 Å². The lowest BCUT2D eigenvalue weighted by molar-refractivity contribution is 0.598. The van der Waals surface area contributed by atoms with E-state index in [-0.39, 0.29) is 11.7 Å². The van der Waals surface area contributed by atoms with Crippen LogP contribution in [0.1, 0.15) is 45.2 Å². The Bertz CT molecular complexity index is 829. The number of imidazole rings is 1. The van der Waals surface area contributed by atoms with Crippen molar-refractivity contribution < 1.29 is 0 Å². The summed E-state index contributed by atoms with van der Waals surface area (Å²) in [6.45, 7) is 8.51. The number of rotatable bonds is 3. The minimum atomic E-state index is -0.356. The molecule has 0 saturated heterocycles.